The Morgan fingerprint density at radius 1 is 1.35 bits per heavy atom. The van der Waals surface area contributed by atoms with E-state index in [0.717, 1.165) is 12.1 Å². The standard InChI is InChI=1S/C11H7ClF2N4O2/c12-6-3-5(13)4-7(14)10(6)17-11-8(18(19)20)1-2-9(15)16-11/h1-4H,(H3,15,16,17). The molecule has 0 fully saturated rings. The van der Waals surface area contributed by atoms with E-state index in [-0.39, 0.29) is 22.3 Å². The van der Waals surface area contributed by atoms with Crippen molar-refractivity contribution in [2.45, 2.75) is 0 Å². The van der Waals surface area contributed by atoms with E-state index in [4.69, 9.17) is 17.3 Å². The number of nitro groups is 1. The second-order valence-electron chi connectivity index (χ2n) is 3.73. The molecule has 6 nitrogen and oxygen atoms in total. The number of halogens is 3. The Balaban J connectivity index is 2.50. The third-order valence-electron chi connectivity index (χ3n) is 2.34. The molecule has 0 unspecified atom stereocenters. The number of aromatic nitrogens is 1. The number of nitrogen functional groups attached to an aromatic ring is 1. The summed E-state index contributed by atoms with van der Waals surface area (Å²) in [7, 11) is 0. The molecule has 1 aromatic carbocycles. The van der Waals surface area contributed by atoms with E-state index < -0.39 is 22.2 Å². The number of nitrogens with zero attached hydrogens (tertiary/aromatic N) is 2. The number of hydrogen-bond acceptors (Lipinski definition) is 5. The highest BCUT2D eigenvalue weighted by molar-refractivity contribution is 6.33. The lowest BCUT2D eigenvalue weighted by Gasteiger charge is -2.09. The van der Waals surface area contributed by atoms with Crippen molar-refractivity contribution in [2.24, 2.45) is 0 Å². The van der Waals surface area contributed by atoms with Gasteiger partial charge in [-0.25, -0.2) is 13.8 Å². The highest BCUT2D eigenvalue weighted by Gasteiger charge is 2.19. The van der Waals surface area contributed by atoms with Crippen LogP contribution in [0.2, 0.25) is 5.02 Å². The van der Waals surface area contributed by atoms with Gasteiger partial charge in [0.05, 0.1) is 15.6 Å². The van der Waals surface area contributed by atoms with Gasteiger partial charge in [-0.05, 0) is 12.1 Å². The molecule has 20 heavy (non-hydrogen) atoms. The molecule has 104 valence electrons. The molecule has 2 rings (SSSR count). The Bertz CT molecular complexity index is 673. The Morgan fingerprint density at radius 3 is 2.65 bits per heavy atom. The molecule has 0 spiro atoms. The van der Waals surface area contributed by atoms with Crippen LogP contribution in [0.5, 0.6) is 0 Å². The maximum absolute atomic E-state index is 13.6. The van der Waals surface area contributed by atoms with Gasteiger partial charge in [0, 0.05) is 12.1 Å². The fourth-order valence-electron chi connectivity index (χ4n) is 1.49. The van der Waals surface area contributed by atoms with E-state index in [1.807, 2.05) is 0 Å². The Labute approximate surface area is 116 Å². The maximum atomic E-state index is 13.6. The quantitative estimate of drug-likeness (QED) is 0.670. The largest absolute Gasteiger partial charge is 0.384 e. The minimum atomic E-state index is -1.01. The van der Waals surface area contributed by atoms with Crippen molar-refractivity contribution in [1.82, 2.24) is 4.98 Å². The minimum Gasteiger partial charge on any atom is -0.384 e. The molecule has 3 N–H and O–H groups in total. The van der Waals surface area contributed by atoms with Crippen molar-refractivity contribution >= 4 is 34.6 Å². The number of anilines is 3. The van der Waals surface area contributed by atoms with Crippen LogP contribution in [0.15, 0.2) is 24.3 Å². The average Bonchev–Trinajstić information content (AvgIpc) is 2.33. The Morgan fingerprint density at radius 2 is 2.05 bits per heavy atom. The summed E-state index contributed by atoms with van der Waals surface area (Å²) in [4.78, 5) is 13.8. The van der Waals surface area contributed by atoms with Gasteiger partial charge >= 0.3 is 5.69 Å². The van der Waals surface area contributed by atoms with Gasteiger partial charge in [-0.1, -0.05) is 11.6 Å². The SMILES string of the molecule is Nc1ccc([N+](=O)[O-])c(Nc2c(F)cc(F)cc2Cl)n1. The van der Waals surface area contributed by atoms with Crippen LogP contribution in [0, 0.1) is 21.7 Å². The first kappa shape index (κ1) is 13.9. The zero-order chi connectivity index (χ0) is 14.9. The molecule has 0 radical (unpaired) electrons. The van der Waals surface area contributed by atoms with E-state index in [0.29, 0.717) is 6.07 Å². The number of pyridine rings is 1. The van der Waals surface area contributed by atoms with Gasteiger partial charge in [0.2, 0.25) is 5.82 Å². The van der Waals surface area contributed by atoms with Gasteiger partial charge in [-0.15, -0.1) is 0 Å². The van der Waals surface area contributed by atoms with E-state index >= 15 is 0 Å². The van der Waals surface area contributed by atoms with Crippen LogP contribution in [0.25, 0.3) is 0 Å². The van der Waals surface area contributed by atoms with Gasteiger partial charge in [0.1, 0.15) is 11.6 Å². The second-order valence-corrected chi connectivity index (χ2v) is 4.14. The summed E-state index contributed by atoms with van der Waals surface area (Å²) < 4.78 is 26.5. The van der Waals surface area contributed by atoms with Crippen molar-refractivity contribution < 1.29 is 13.7 Å². The molecule has 1 heterocycles. The fraction of sp³-hybridized carbons (Fsp3) is 0. The first-order valence-corrected chi connectivity index (χ1v) is 5.58. The van der Waals surface area contributed by atoms with Gasteiger partial charge in [-0.3, -0.25) is 10.1 Å². The number of nitrogens with two attached hydrogens (primary N) is 1. The smallest absolute Gasteiger partial charge is 0.311 e. The van der Waals surface area contributed by atoms with Crippen molar-refractivity contribution in [2.75, 3.05) is 11.1 Å². The molecule has 0 amide bonds. The van der Waals surface area contributed by atoms with Crippen molar-refractivity contribution in [3.8, 4) is 0 Å². The van der Waals surface area contributed by atoms with Crippen molar-refractivity contribution in [3.63, 3.8) is 0 Å². The van der Waals surface area contributed by atoms with Crippen LogP contribution in [-0.2, 0) is 0 Å². The second kappa shape index (κ2) is 5.25. The van der Waals surface area contributed by atoms with Crippen LogP contribution < -0.4 is 11.1 Å². The zero-order valence-corrected chi connectivity index (χ0v) is 10.5. The number of hydrogen-bond donors (Lipinski definition) is 2. The van der Waals surface area contributed by atoms with Crippen molar-refractivity contribution in [1.29, 1.82) is 0 Å². The van der Waals surface area contributed by atoms with Crippen LogP contribution in [0.3, 0.4) is 0 Å². The first-order chi connectivity index (χ1) is 9.38. The molecule has 0 bridgehead atoms. The number of benzene rings is 1. The van der Waals surface area contributed by atoms with Gasteiger partial charge in [0.15, 0.2) is 5.82 Å². The molecular weight excluding hydrogens is 294 g/mol. The molecular formula is C11H7ClF2N4O2. The normalized spacial score (nSPS) is 10.3. The highest BCUT2D eigenvalue weighted by atomic mass is 35.5. The summed E-state index contributed by atoms with van der Waals surface area (Å²) in [5.41, 5.74) is 4.68. The van der Waals surface area contributed by atoms with Gasteiger partial charge in [0.25, 0.3) is 0 Å². The molecule has 0 aliphatic carbocycles. The summed E-state index contributed by atoms with van der Waals surface area (Å²) in [5, 5.41) is 12.9. The average molecular weight is 301 g/mol. The molecule has 1 aromatic heterocycles. The Kier molecular flexibility index (Phi) is 3.66. The van der Waals surface area contributed by atoms with Crippen LogP contribution in [-0.4, -0.2) is 9.91 Å². The minimum absolute atomic E-state index is 0.00302. The predicted molar refractivity (Wildman–Crippen MR) is 70.0 cm³/mol. The molecule has 0 saturated carbocycles. The lowest BCUT2D eigenvalue weighted by molar-refractivity contribution is -0.384. The van der Waals surface area contributed by atoms with Crippen LogP contribution >= 0.6 is 11.6 Å². The van der Waals surface area contributed by atoms with Crippen LogP contribution in [0.4, 0.5) is 31.8 Å². The molecule has 0 aliphatic rings. The molecule has 2 aromatic rings. The molecule has 0 atom stereocenters. The van der Waals surface area contributed by atoms with E-state index in [1.165, 1.54) is 6.07 Å². The molecule has 9 heteroatoms. The number of rotatable bonds is 3. The summed E-state index contributed by atoms with van der Waals surface area (Å²) in [5.74, 6) is -2.17. The summed E-state index contributed by atoms with van der Waals surface area (Å²) in [6, 6.07) is 3.80. The van der Waals surface area contributed by atoms with Gasteiger partial charge < -0.3 is 11.1 Å². The Hall–Kier alpha value is -2.48. The summed E-state index contributed by atoms with van der Waals surface area (Å²) in [6.07, 6.45) is 0. The number of nitrogens with one attached hydrogen (secondary N) is 1. The molecule has 0 aliphatic heterocycles. The fourth-order valence-corrected chi connectivity index (χ4v) is 1.73. The zero-order valence-electron chi connectivity index (χ0n) is 9.73. The van der Waals surface area contributed by atoms with Crippen molar-refractivity contribution in [3.05, 3.63) is 51.0 Å². The lowest BCUT2D eigenvalue weighted by atomic mass is 10.2. The van der Waals surface area contributed by atoms with E-state index in [9.17, 15) is 18.9 Å². The summed E-state index contributed by atoms with van der Waals surface area (Å²) in [6.45, 7) is 0. The summed E-state index contributed by atoms with van der Waals surface area (Å²) >= 11 is 5.69. The predicted octanol–water partition coefficient (Wildman–Crippen LogP) is 3.25. The molecule has 0 saturated heterocycles. The topological polar surface area (TPSA) is 94.1 Å². The van der Waals surface area contributed by atoms with Crippen LogP contribution in [0.1, 0.15) is 0 Å². The van der Waals surface area contributed by atoms with Gasteiger partial charge in [-0.2, -0.15) is 0 Å². The third-order valence-corrected chi connectivity index (χ3v) is 2.64. The monoisotopic (exact) mass is 300 g/mol. The third kappa shape index (κ3) is 2.75. The highest BCUT2D eigenvalue weighted by Crippen LogP contribution is 2.32. The van der Waals surface area contributed by atoms with E-state index in [1.54, 1.807) is 0 Å². The lowest BCUT2D eigenvalue weighted by Crippen LogP contribution is -2.04. The maximum Gasteiger partial charge on any atom is 0.311 e. The van der Waals surface area contributed by atoms with E-state index in [2.05, 4.69) is 10.3 Å². The first-order valence-electron chi connectivity index (χ1n) is 5.21.